The highest BCUT2D eigenvalue weighted by Crippen LogP contribution is 2.32. The van der Waals surface area contributed by atoms with Crippen molar-refractivity contribution < 1.29 is 0 Å². The largest absolute Gasteiger partial charge is 0.262 e. The van der Waals surface area contributed by atoms with Crippen LogP contribution in [0.5, 0.6) is 0 Å². The third-order valence-corrected chi connectivity index (χ3v) is 3.35. The van der Waals surface area contributed by atoms with Gasteiger partial charge in [-0.3, -0.25) is 5.10 Å². The zero-order chi connectivity index (χ0) is 8.39. The molecule has 0 aromatic carbocycles. The molecule has 0 amide bonds. The number of aromatic nitrogens is 3. The fourth-order valence-electron chi connectivity index (χ4n) is 1.53. The van der Waals surface area contributed by atoms with Crippen molar-refractivity contribution >= 4 is 11.8 Å². The molecule has 2 rings (SSSR count). The lowest BCUT2D eigenvalue weighted by molar-refractivity contribution is 0.886. The summed E-state index contributed by atoms with van der Waals surface area (Å²) in [6, 6.07) is 0. The lowest BCUT2D eigenvalue weighted by Gasteiger charge is -2.02. The molecule has 0 spiro atoms. The first-order valence-electron chi connectivity index (χ1n) is 4.40. The normalized spacial score (nSPS) is 18.8. The van der Waals surface area contributed by atoms with Crippen molar-refractivity contribution in [2.45, 2.75) is 43.0 Å². The molecule has 0 aliphatic heterocycles. The molecular formula is C8H13N3S. The highest BCUT2D eigenvalue weighted by Gasteiger charge is 2.17. The van der Waals surface area contributed by atoms with Gasteiger partial charge >= 0.3 is 0 Å². The van der Waals surface area contributed by atoms with Gasteiger partial charge in [-0.05, 0) is 19.8 Å². The lowest BCUT2D eigenvalue weighted by atomic mass is 10.4. The van der Waals surface area contributed by atoms with Crippen LogP contribution in [0.25, 0.3) is 0 Å². The van der Waals surface area contributed by atoms with Crippen LogP contribution >= 0.6 is 11.8 Å². The van der Waals surface area contributed by atoms with Crippen LogP contribution in [-0.4, -0.2) is 20.4 Å². The van der Waals surface area contributed by atoms with Crippen molar-refractivity contribution in [2.24, 2.45) is 0 Å². The number of nitrogens with one attached hydrogen (secondary N) is 1. The van der Waals surface area contributed by atoms with Gasteiger partial charge in [0.1, 0.15) is 5.82 Å². The van der Waals surface area contributed by atoms with E-state index in [0.29, 0.717) is 0 Å². The van der Waals surface area contributed by atoms with Gasteiger partial charge in [0.05, 0.1) is 0 Å². The van der Waals surface area contributed by atoms with E-state index >= 15 is 0 Å². The zero-order valence-corrected chi connectivity index (χ0v) is 8.02. The number of nitrogens with zero attached hydrogens (tertiary/aromatic N) is 2. The number of hydrogen-bond acceptors (Lipinski definition) is 3. The second-order valence-electron chi connectivity index (χ2n) is 3.23. The first-order chi connectivity index (χ1) is 5.84. The molecule has 1 aliphatic rings. The summed E-state index contributed by atoms with van der Waals surface area (Å²) < 4.78 is 0. The maximum absolute atomic E-state index is 4.27. The van der Waals surface area contributed by atoms with Crippen LogP contribution < -0.4 is 0 Å². The Morgan fingerprint density at radius 3 is 2.75 bits per heavy atom. The minimum absolute atomic E-state index is 0.764. The molecule has 1 fully saturated rings. The molecule has 0 unspecified atom stereocenters. The number of thioether (sulfide) groups is 1. The summed E-state index contributed by atoms with van der Waals surface area (Å²) in [5.74, 6) is 0.912. The van der Waals surface area contributed by atoms with Crippen molar-refractivity contribution in [3.63, 3.8) is 0 Å². The standard InChI is InChI=1S/C8H13N3S/c1-6-9-8(11-10-6)12-7-4-2-3-5-7/h7H,2-5H2,1H3,(H,9,10,11). The van der Waals surface area contributed by atoms with Crippen LogP contribution in [-0.2, 0) is 0 Å². The minimum atomic E-state index is 0.764. The van der Waals surface area contributed by atoms with E-state index in [2.05, 4.69) is 15.2 Å². The second-order valence-corrected chi connectivity index (χ2v) is 4.50. The number of H-pyrrole nitrogens is 1. The van der Waals surface area contributed by atoms with E-state index in [1.165, 1.54) is 25.7 Å². The Balaban J connectivity index is 1.94. The molecule has 1 aromatic rings. The van der Waals surface area contributed by atoms with E-state index in [1.807, 2.05) is 18.7 Å². The van der Waals surface area contributed by atoms with Crippen LogP contribution in [0.3, 0.4) is 0 Å². The first kappa shape index (κ1) is 8.10. The Morgan fingerprint density at radius 1 is 1.42 bits per heavy atom. The average Bonchev–Trinajstić information content (AvgIpc) is 2.63. The molecule has 4 heteroatoms. The Labute approximate surface area is 76.4 Å². The van der Waals surface area contributed by atoms with Crippen LogP contribution in [0.2, 0.25) is 0 Å². The molecule has 1 saturated carbocycles. The summed E-state index contributed by atoms with van der Waals surface area (Å²) in [7, 11) is 0. The average molecular weight is 183 g/mol. The van der Waals surface area contributed by atoms with Crippen LogP contribution in [0.15, 0.2) is 5.16 Å². The summed E-state index contributed by atoms with van der Waals surface area (Å²) in [4.78, 5) is 4.27. The molecule has 1 aromatic heterocycles. The van der Waals surface area contributed by atoms with Gasteiger partial charge in [-0.15, -0.1) is 5.10 Å². The van der Waals surface area contributed by atoms with Crippen molar-refractivity contribution in [3.05, 3.63) is 5.82 Å². The second kappa shape index (κ2) is 3.47. The van der Waals surface area contributed by atoms with E-state index in [0.717, 1.165) is 16.2 Å². The lowest BCUT2D eigenvalue weighted by Crippen LogP contribution is -1.93. The molecule has 0 bridgehead atoms. The Kier molecular flexibility index (Phi) is 2.35. The summed E-state index contributed by atoms with van der Waals surface area (Å²) in [6.07, 6.45) is 5.42. The predicted octanol–water partition coefficient (Wildman–Crippen LogP) is 2.15. The van der Waals surface area contributed by atoms with Crippen molar-refractivity contribution in [2.75, 3.05) is 0 Å². The summed E-state index contributed by atoms with van der Waals surface area (Å²) in [5, 5.41) is 8.65. The molecular weight excluding hydrogens is 170 g/mol. The highest BCUT2D eigenvalue weighted by atomic mass is 32.2. The van der Waals surface area contributed by atoms with Gasteiger partial charge in [-0.2, -0.15) is 0 Å². The highest BCUT2D eigenvalue weighted by molar-refractivity contribution is 7.99. The monoisotopic (exact) mass is 183 g/mol. The van der Waals surface area contributed by atoms with Crippen molar-refractivity contribution in [1.29, 1.82) is 0 Å². The number of aryl methyl sites for hydroxylation is 1. The van der Waals surface area contributed by atoms with Crippen molar-refractivity contribution in [1.82, 2.24) is 15.2 Å². The zero-order valence-electron chi connectivity index (χ0n) is 7.21. The SMILES string of the molecule is Cc1nc(SC2CCCC2)n[nH]1. The quantitative estimate of drug-likeness (QED) is 0.763. The summed E-state index contributed by atoms with van der Waals surface area (Å²) >= 11 is 1.82. The topological polar surface area (TPSA) is 41.6 Å². The number of rotatable bonds is 2. The first-order valence-corrected chi connectivity index (χ1v) is 5.28. The van der Waals surface area contributed by atoms with Gasteiger partial charge in [-0.1, -0.05) is 24.6 Å². The molecule has 12 heavy (non-hydrogen) atoms. The van der Waals surface area contributed by atoms with Crippen LogP contribution in [0, 0.1) is 6.92 Å². The van der Waals surface area contributed by atoms with Gasteiger partial charge in [0.15, 0.2) is 0 Å². The van der Waals surface area contributed by atoms with E-state index in [9.17, 15) is 0 Å². The Hall–Kier alpha value is -0.510. The molecule has 0 saturated heterocycles. The molecule has 1 aliphatic carbocycles. The predicted molar refractivity (Wildman–Crippen MR) is 49.2 cm³/mol. The van der Waals surface area contributed by atoms with E-state index < -0.39 is 0 Å². The molecule has 3 nitrogen and oxygen atoms in total. The Bertz CT molecular complexity index is 253. The fraction of sp³-hybridized carbons (Fsp3) is 0.750. The Morgan fingerprint density at radius 2 is 2.17 bits per heavy atom. The molecule has 1 heterocycles. The molecule has 0 radical (unpaired) electrons. The maximum atomic E-state index is 4.27. The smallest absolute Gasteiger partial charge is 0.208 e. The molecule has 0 atom stereocenters. The summed E-state index contributed by atoms with van der Waals surface area (Å²) in [5.41, 5.74) is 0. The third-order valence-electron chi connectivity index (χ3n) is 2.15. The fourth-order valence-corrected chi connectivity index (χ4v) is 2.69. The van der Waals surface area contributed by atoms with Gasteiger partial charge < -0.3 is 0 Å². The number of aromatic amines is 1. The molecule has 66 valence electrons. The van der Waals surface area contributed by atoms with Gasteiger partial charge in [0, 0.05) is 5.25 Å². The van der Waals surface area contributed by atoms with Gasteiger partial charge in [-0.25, -0.2) is 4.98 Å². The minimum Gasteiger partial charge on any atom is -0.262 e. The van der Waals surface area contributed by atoms with Crippen LogP contribution in [0.1, 0.15) is 31.5 Å². The van der Waals surface area contributed by atoms with Gasteiger partial charge in [0.2, 0.25) is 5.16 Å². The molecule has 1 N–H and O–H groups in total. The number of hydrogen-bond donors (Lipinski definition) is 1. The van der Waals surface area contributed by atoms with E-state index in [1.54, 1.807) is 0 Å². The maximum Gasteiger partial charge on any atom is 0.208 e. The van der Waals surface area contributed by atoms with Crippen LogP contribution in [0.4, 0.5) is 0 Å². The summed E-state index contributed by atoms with van der Waals surface area (Å²) in [6.45, 7) is 1.94. The van der Waals surface area contributed by atoms with E-state index in [4.69, 9.17) is 0 Å². The third kappa shape index (κ3) is 1.80. The van der Waals surface area contributed by atoms with Gasteiger partial charge in [0.25, 0.3) is 0 Å². The van der Waals surface area contributed by atoms with E-state index in [-0.39, 0.29) is 0 Å². The van der Waals surface area contributed by atoms with Crippen molar-refractivity contribution in [3.8, 4) is 0 Å².